The Morgan fingerprint density at radius 3 is 3.07 bits per heavy atom. The molecular formula is C10H16BrN3O. The van der Waals surface area contributed by atoms with Crippen molar-refractivity contribution in [2.24, 2.45) is 5.73 Å². The van der Waals surface area contributed by atoms with E-state index in [2.05, 4.69) is 26.2 Å². The Balaban J connectivity index is 2.12. The molecule has 4 nitrogen and oxygen atoms in total. The summed E-state index contributed by atoms with van der Waals surface area (Å²) in [6.45, 7) is 2.79. The highest BCUT2D eigenvalue weighted by Crippen LogP contribution is 2.17. The summed E-state index contributed by atoms with van der Waals surface area (Å²) >= 11 is 3.42. The largest absolute Gasteiger partial charge is 0.380 e. The molecule has 1 aromatic rings. The van der Waals surface area contributed by atoms with Crippen molar-refractivity contribution in [3.8, 4) is 0 Å². The van der Waals surface area contributed by atoms with Crippen LogP contribution in [0.5, 0.6) is 0 Å². The van der Waals surface area contributed by atoms with Gasteiger partial charge in [-0.3, -0.25) is 0 Å². The smallest absolute Gasteiger partial charge is 0.140 e. The molecule has 1 rings (SSSR count). The van der Waals surface area contributed by atoms with Crippen molar-refractivity contribution in [1.82, 2.24) is 4.98 Å². The fourth-order valence-corrected chi connectivity index (χ4v) is 1.48. The molecule has 0 spiro atoms. The van der Waals surface area contributed by atoms with Gasteiger partial charge in [-0.25, -0.2) is 4.98 Å². The van der Waals surface area contributed by atoms with E-state index in [-0.39, 0.29) is 0 Å². The second-order valence-corrected chi connectivity index (χ2v) is 3.87. The molecule has 1 aromatic heterocycles. The molecule has 0 aliphatic carbocycles. The van der Waals surface area contributed by atoms with Crippen LogP contribution in [0.25, 0.3) is 0 Å². The Labute approximate surface area is 98.3 Å². The fourth-order valence-electron chi connectivity index (χ4n) is 1.08. The molecule has 5 heteroatoms. The summed E-state index contributed by atoms with van der Waals surface area (Å²) in [5.41, 5.74) is 5.30. The maximum atomic E-state index is 5.30. The van der Waals surface area contributed by atoms with Crippen molar-refractivity contribution < 1.29 is 4.74 Å². The van der Waals surface area contributed by atoms with Crippen molar-refractivity contribution in [3.63, 3.8) is 0 Å². The van der Waals surface area contributed by atoms with Crippen LogP contribution in [-0.2, 0) is 4.74 Å². The number of anilines is 1. The van der Waals surface area contributed by atoms with E-state index in [1.807, 2.05) is 12.1 Å². The zero-order valence-electron chi connectivity index (χ0n) is 8.58. The van der Waals surface area contributed by atoms with Crippen LogP contribution in [0.4, 0.5) is 5.82 Å². The second kappa shape index (κ2) is 7.62. The second-order valence-electron chi connectivity index (χ2n) is 3.02. The van der Waals surface area contributed by atoms with E-state index in [1.165, 1.54) is 0 Å². The van der Waals surface area contributed by atoms with Gasteiger partial charge in [-0.15, -0.1) is 0 Å². The first kappa shape index (κ1) is 12.4. The molecule has 84 valence electrons. The first-order chi connectivity index (χ1) is 7.34. The SMILES string of the molecule is NCCOCCCNc1ncccc1Br. The van der Waals surface area contributed by atoms with Crippen LogP contribution in [0.15, 0.2) is 22.8 Å². The monoisotopic (exact) mass is 273 g/mol. The van der Waals surface area contributed by atoms with E-state index in [1.54, 1.807) is 6.20 Å². The highest BCUT2D eigenvalue weighted by Gasteiger charge is 1.97. The molecule has 0 saturated carbocycles. The Morgan fingerprint density at radius 1 is 1.47 bits per heavy atom. The molecule has 0 amide bonds. The minimum atomic E-state index is 0.583. The average Bonchev–Trinajstić information content (AvgIpc) is 2.25. The fraction of sp³-hybridized carbons (Fsp3) is 0.500. The molecule has 0 fully saturated rings. The number of nitrogens with one attached hydrogen (secondary N) is 1. The highest BCUT2D eigenvalue weighted by atomic mass is 79.9. The predicted molar refractivity (Wildman–Crippen MR) is 64.9 cm³/mol. The molecule has 15 heavy (non-hydrogen) atoms. The molecule has 0 aliphatic rings. The minimum Gasteiger partial charge on any atom is -0.380 e. The number of nitrogens with two attached hydrogens (primary N) is 1. The Morgan fingerprint density at radius 2 is 2.33 bits per heavy atom. The van der Waals surface area contributed by atoms with Crippen molar-refractivity contribution in [3.05, 3.63) is 22.8 Å². The molecule has 0 bridgehead atoms. The number of halogens is 1. The number of pyridine rings is 1. The van der Waals surface area contributed by atoms with Gasteiger partial charge in [0.05, 0.1) is 11.1 Å². The molecule has 0 aliphatic heterocycles. The third kappa shape index (κ3) is 5.11. The lowest BCUT2D eigenvalue weighted by Gasteiger charge is -2.07. The Hall–Kier alpha value is -0.650. The molecular weight excluding hydrogens is 258 g/mol. The van der Waals surface area contributed by atoms with Crippen molar-refractivity contribution in [2.75, 3.05) is 31.6 Å². The van der Waals surface area contributed by atoms with Gasteiger partial charge < -0.3 is 15.8 Å². The quantitative estimate of drug-likeness (QED) is 0.742. The third-order valence-corrected chi connectivity index (χ3v) is 2.42. The van der Waals surface area contributed by atoms with Crippen LogP contribution in [0.1, 0.15) is 6.42 Å². The van der Waals surface area contributed by atoms with Crippen LogP contribution in [0.3, 0.4) is 0 Å². The van der Waals surface area contributed by atoms with Crippen LogP contribution >= 0.6 is 15.9 Å². The van der Waals surface area contributed by atoms with Crippen molar-refractivity contribution in [2.45, 2.75) is 6.42 Å². The third-order valence-electron chi connectivity index (χ3n) is 1.78. The summed E-state index contributed by atoms with van der Waals surface area (Å²) in [6, 6.07) is 3.85. The summed E-state index contributed by atoms with van der Waals surface area (Å²) in [4.78, 5) is 4.19. The number of rotatable bonds is 7. The number of hydrogen-bond donors (Lipinski definition) is 2. The van der Waals surface area contributed by atoms with Gasteiger partial charge in [0.25, 0.3) is 0 Å². The van der Waals surface area contributed by atoms with Gasteiger partial charge in [-0.1, -0.05) is 0 Å². The van der Waals surface area contributed by atoms with Gasteiger partial charge in [0.15, 0.2) is 0 Å². The lowest BCUT2D eigenvalue weighted by Crippen LogP contribution is -2.11. The van der Waals surface area contributed by atoms with E-state index in [4.69, 9.17) is 10.5 Å². The van der Waals surface area contributed by atoms with E-state index >= 15 is 0 Å². The van der Waals surface area contributed by atoms with Crippen LogP contribution in [-0.4, -0.2) is 31.3 Å². The summed E-state index contributed by atoms with van der Waals surface area (Å²) in [5, 5.41) is 3.22. The van der Waals surface area contributed by atoms with Crippen LogP contribution in [0, 0.1) is 0 Å². The Kier molecular flexibility index (Phi) is 6.31. The van der Waals surface area contributed by atoms with Crippen molar-refractivity contribution >= 4 is 21.7 Å². The first-order valence-electron chi connectivity index (χ1n) is 4.97. The van der Waals surface area contributed by atoms with E-state index < -0.39 is 0 Å². The van der Waals surface area contributed by atoms with E-state index in [9.17, 15) is 0 Å². The maximum absolute atomic E-state index is 5.30. The number of nitrogens with zero attached hydrogens (tertiary/aromatic N) is 1. The number of ether oxygens (including phenoxy) is 1. The molecule has 3 N–H and O–H groups in total. The summed E-state index contributed by atoms with van der Waals surface area (Å²) in [5.74, 6) is 0.872. The molecule has 1 heterocycles. The summed E-state index contributed by atoms with van der Waals surface area (Å²) in [6.07, 6.45) is 2.71. The molecule has 0 aromatic carbocycles. The van der Waals surface area contributed by atoms with Gasteiger partial charge in [-0.05, 0) is 34.5 Å². The van der Waals surface area contributed by atoms with Gasteiger partial charge >= 0.3 is 0 Å². The first-order valence-corrected chi connectivity index (χ1v) is 5.76. The normalized spacial score (nSPS) is 10.3. The van der Waals surface area contributed by atoms with Crippen LogP contribution in [0.2, 0.25) is 0 Å². The number of aromatic nitrogens is 1. The summed E-state index contributed by atoms with van der Waals surface area (Å²) < 4.78 is 6.23. The lowest BCUT2D eigenvalue weighted by molar-refractivity contribution is 0.141. The topological polar surface area (TPSA) is 60.2 Å². The molecule has 0 unspecified atom stereocenters. The average molecular weight is 274 g/mol. The number of hydrogen-bond acceptors (Lipinski definition) is 4. The molecule has 0 radical (unpaired) electrons. The van der Waals surface area contributed by atoms with Gasteiger partial charge in [0.1, 0.15) is 5.82 Å². The van der Waals surface area contributed by atoms with Gasteiger partial charge in [0.2, 0.25) is 0 Å². The standard InChI is InChI=1S/C10H16BrN3O/c11-9-3-1-5-13-10(9)14-6-2-7-15-8-4-12/h1,3,5H,2,4,6-8,12H2,(H,13,14). The highest BCUT2D eigenvalue weighted by molar-refractivity contribution is 9.10. The zero-order chi connectivity index (χ0) is 10.9. The van der Waals surface area contributed by atoms with Gasteiger partial charge in [0, 0.05) is 25.9 Å². The zero-order valence-corrected chi connectivity index (χ0v) is 10.2. The maximum Gasteiger partial charge on any atom is 0.140 e. The summed E-state index contributed by atoms with van der Waals surface area (Å²) in [7, 11) is 0. The van der Waals surface area contributed by atoms with Crippen molar-refractivity contribution in [1.29, 1.82) is 0 Å². The van der Waals surface area contributed by atoms with E-state index in [0.717, 1.165) is 29.9 Å². The molecule has 0 saturated heterocycles. The van der Waals surface area contributed by atoms with E-state index in [0.29, 0.717) is 13.2 Å². The minimum absolute atomic E-state index is 0.583. The Bertz CT molecular complexity index is 283. The van der Waals surface area contributed by atoms with Gasteiger partial charge in [-0.2, -0.15) is 0 Å². The predicted octanol–water partition coefficient (Wildman–Crippen LogP) is 1.62. The van der Waals surface area contributed by atoms with Crippen LogP contribution < -0.4 is 11.1 Å². The lowest BCUT2D eigenvalue weighted by atomic mass is 10.4. The molecule has 0 atom stereocenters.